The quantitative estimate of drug-likeness (QED) is 0.266. The number of hydrogen-bond acceptors (Lipinski definition) is 4. The molecule has 1 aliphatic heterocycles. The number of aromatic carboxylic acids is 1. The van der Waals surface area contributed by atoms with Crippen molar-refractivity contribution in [1.29, 1.82) is 0 Å². The van der Waals surface area contributed by atoms with Crippen molar-refractivity contribution in [3.8, 4) is 5.75 Å². The van der Waals surface area contributed by atoms with Crippen LogP contribution in [0.15, 0.2) is 90.6 Å². The van der Waals surface area contributed by atoms with Gasteiger partial charge in [-0.05, 0) is 46.7 Å². The number of imide groups is 1. The first-order chi connectivity index (χ1) is 17.9. The largest absolute Gasteiger partial charge is 0.488 e. The number of halogens is 1. The number of fused-ring (bicyclic) bond motifs is 1. The average Bonchev–Trinajstić information content (AvgIpc) is 3.17. The number of carboxylic acids is 1. The second-order valence-corrected chi connectivity index (χ2v) is 8.46. The number of hydrogen-bond donors (Lipinski definition) is 2. The number of benzene rings is 4. The molecule has 0 aromatic heterocycles. The van der Waals surface area contributed by atoms with Gasteiger partial charge in [0.15, 0.2) is 0 Å². The lowest BCUT2D eigenvalue weighted by molar-refractivity contribution is -0.123. The van der Waals surface area contributed by atoms with Crippen molar-refractivity contribution >= 4 is 34.8 Å². The zero-order chi connectivity index (χ0) is 25.9. The molecule has 1 heterocycles. The van der Waals surface area contributed by atoms with Gasteiger partial charge in [-0.3, -0.25) is 9.69 Å². The summed E-state index contributed by atoms with van der Waals surface area (Å²) in [5.41, 5.74) is 1.81. The molecule has 5 rings (SSSR count). The SMILES string of the molecule is O=C(O)c1ccc(COc2ccc3ccccc3c2/C=C2/NC(=O)N(Cc3ccccc3F)C2=O)cc1. The smallest absolute Gasteiger partial charge is 0.335 e. The van der Waals surface area contributed by atoms with E-state index in [1.165, 1.54) is 24.3 Å². The lowest BCUT2D eigenvalue weighted by Gasteiger charge is -2.13. The van der Waals surface area contributed by atoms with Crippen LogP contribution in [0.25, 0.3) is 16.8 Å². The fourth-order valence-electron chi connectivity index (χ4n) is 4.11. The van der Waals surface area contributed by atoms with Crippen LogP contribution < -0.4 is 10.1 Å². The minimum atomic E-state index is -1.01. The van der Waals surface area contributed by atoms with E-state index in [9.17, 15) is 18.8 Å². The standard InChI is InChI=1S/C29H21FN2O5/c30-24-8-4-2-6-21(24)16-32-27(33)25(31-29(32)36)15-23-22-7-3-1-5-19(22)13-14-26(23)37-17-18-9-11-20(12-10-18)28(34)35/h1-15H,16-17H2,(H,31,36)(H,34,35)/b25-15+. The minimum Gasteiger partial charge on any atom is -0.488 e. The van der Waals surface area contributed by atoms with Gasteiger partial charge in [0, 0.05) is 11.1 Å². The number of carbonyl (C=O) groups is 3. The topological polar surface area (TPSA) is 95.9 Å². The number of nitrogens with one attached hydrogen (secondary N) is 1. The van der Waals surface area contributed by atoms with Gasteiger partial charge in [-0.15, -0.1) is 0 Å². The van der Waals surface area contributed by atoms with Crippen molar-refractivity contribution in [1.82, 2.24) is 10.2 Å². The van der Waals surface area contributed by atoms with E-state index >= 15 is 0 Å². The molecule has 0 saturated carbocycles. The second-order valence-electron chi connectivity index (χ2n) is 8.46. The lowest BCUT2D eigenvalue weighted by atomic mass is 10.0. The highest BCUT2D eigenvalue weighted by molar-refractivity contribution is 6.14. The van der Waals surface area contributed by atoms with Crippen LogP contribution in [0, 0.1) is 5.82 Å². The van der Waals surface area contributed by atoms with Crippen molar-refractivity contribution in [2.75, 3.05) is 0 Å². The van der Waals surface area contributed by atoms with Crippen LogP contribution in [-0.2, 0) is 17.9 Å². The van der Waals surface area contributed by atoms with E-state index in [0.29, 0.717) is 11.3 Å². The Bertz CT molecular complexity index is 1560. The molecule has 8 heteroatoms. The second kappa shape index (κ2) is 9.94. The number of carbonyl (C=O) groups excluding carboxylic acids is 2. The van der Waals surface area contributed by atoms with E-state index in [-0.39, 0.29) is 30.0 Å². The number of ether oxygens (including phenoxy) is 1. The van der Waals surface area contributed by atoms with Gasteiger partial charge in [-0.1, -0.05) is 60.7 Å². The molecule has 1 fully saturated rings. The Morgan fingerprint density at radius 1 is 0.946 bits per heavy atom. The zero-order valence-electron chi connectivity index (χ0n) is 19.5. The molecule has 3 amide bonds. The Balaban J connectivity index is 1.46. The molecule has 2 N–H and O–H groups in total. The summed E-state index contributed by atoms with van der Waals surface area (Å²) in [6, 6.07) is 22.9. The molecule has 0 unspecified atom stereocenters. The van der Waals surface area contributed by atoms with E-state index in [1.807, 2.05) is 30.3 Å². The van der Waals surface area contributed by atoms with Crippen LogP contribution in [-0.4, -0.2) is 27.9 Å². The Morgan fingerprint density at radius 2 is 1.68 bits per heavy atom. The zero-order valence-corrected chi connectivity index (χ0v) is 19.5. The van der Waals surface area contributed by atoms with Gasteiger partial charge in [-0.2, -0.15) is 0 Å². The third-order valence-electron chi connectivity index (χ3n) is 6.06. The third kappa shape index (κ3) is 4.90. The van der Waals surface area contributed by atoms with Crippen molar-refractivity contribution in [3.63, 3.8) is 0 Å². The average molecular weight is 496 g/mol. The number of nitrogens with zero attached hydrogens (tertiary/aromatic N) is 1. The van der Waals surface area contributed by atoms with Crippen molar-refractivity contribution < 1.29 is 28.6 Å². The lowest BCUT2D eigenvalue weighted by Crippen LogP contribution is -2.30. The summed E-state index contributed by atoms with van der Waals surface area (Å²) in [7, 11) is 0. The Morgan fingerprint density at radius 3 is 2.43 bits per heavy atom. The summed E-state index contributed by atoms with van der Waals surface area (Å²) in [4.78, 5) is 37.8. The summed E-state index contributed by atoms with van der Waals surface area (Å²) in [6.45, 7) is -0.0337. The fraction of sp³-hybridized carbons (Fsp3) is 0.0690. The fourth-order valence-corrected chi connectivity index (χ4v) is 4.11. The first kappa shape index (κ1) is 23.7. The molecule has 0 radical (unpaired) electrons. The van der Waals surface area contributed by atoms with E-state index < -0.39 is 23.7 Å². The number of amides is 3. The summed E-state index contributed by atoms with van der Waals surface area (Å²) >= 11 is 0. The highest BCUT2D eigenvalue weighted by Gasteiger charge is 2.34. The van der Waals surface area contributed by atoms with E-state index in [2.05, 4.69) is 5.32 Å². The number of urea groups is 1. The van der Waals surface area contributed by atoms with Gasteiger partial charge in [-0.25, -0.2) is 14.0 Å². The number of carboxylic acid groups (broad SMARTS) is 1. The van der Waals surface area contributed by atoms with E-state index in [1.54, 1.807) is 36.4 Å². The molecular weight excluding hydrogens is 475 g/mol. The van der Waals surface area contributed by atoms with Crippen LogP contribution in [0.4, 0.5) is 9.18 Å². The summed E-state index contributed by atoms with van der Waals surface area (Å²) in [5, 5.41) is 13.4. The maximum atomic E-state index is 14.1. The first-order valence-electron chi connectivity index (χ1n) is 11.5. The third-order valence-corrected chi connectivity index (χ3v) is 6.06. The van der Waals surface area contributed by atoms with Crippen LogP contribution in [0.3, 0.4) is 0 Å². The molecular formula is C29H21FN2O5. The van der Waals surface area contributed by atoms with Crippen molar-refractivity contribution in [3.05, 3.63) is 119 Å². The van der Waals surface area contributed by atoms with Gasteiger partial charge < -0.3 is 15.2 Å². The van der Waals surface area contributed by atoms with Crippen molar-refractivity contribution in [2.45, 2.75) is 13.2 Å². The molecule has 1 saturated heterocycles. The first-order valence-corrected chi connectivity index (χ1v) is 11.5. The molecule has 184 valence electrons. The predicted molar refractivity (Wildman–Crippen MR) is 135 cm³/mol. The van der Waals surface area contributed by atoms with E-state index in [4.69, 9.17) is 9.84 Å². The molecule has 4 aromatic carbocycles. The summed E-state index contributed by atoms with van der Waals surface area (Å²) in [5.74, 6) is -1.61. The van der Waals surface area contributed by atoms with E-state index in [0.717, 1.165) is 21.2 Å². The Hall–Kier alpha value is -4.98. The monoisotopic (exact) mass is 496 g/mol. The highest BCUT2D eigenvalue weighted by atomic mass is 19.1. The maximum absolute atomic E-state index is 14.1. The highest BCUT2D eigenvalue weighted by Crippen LogP contribution is 2.32. The molecule has 1 aliphatic rings. The van der Waals surface area contributed by atoms with Crippen LogP contribution in [0.5, 0.6) is 5.75 Å². The van der Waals surface area contributed by atoms with Gasteiger partial charge >= 0.3 is 12.0 Å². The summed E-state index contributed by atoms with van der Waals surface area (Å²) < 4.78 is 20.2. The maximum Gasteiger partial charge on any atom is 0.335 e. The Kier molecular flexibility index (Phi) is 6.38. The number of rotatable bonds is 7. The summed E-state index contributed by atoms with van der Waals surface area (Å²) in [6.07, 6.45) is 1.56. The van der Waals surface area contributed by atoms with Gasteiger partial charge in [0.2, 0.25) is 0 Å². The molecule has 0 aliphatic carbocycles. The van der Waals surface area contributed by atoms with Crippen molar-refractivity contribution in [2.24, 2.45) is 0 Å². The Labute approximate surface area is 211 Å². The predicted octanol–water partition coefficient (Wildman–Crippen LogP) is 5.35. The van der Waals surface area contributed by atoms with Gasteiger partial charge in [0.1, 0.15) is 23.9 Å². The molecule has 4 aromatic rings. The van der Waals surface area contributed by atoms with Crippen LogP contribution in [0.2, 0.25) is 0 Å². The van der Waals surface area contributed by atoms with Crippen LogP contribution in [0.1, 0.15) is 27.0 Å². The molecule has 0 bridgehead atoms. The molecule has 37 heavy (non-hydrogen) atoms. The molecule has 0 spiro atoms. The normalized spacial score (nSPS) is 14.3. The molecule has 0 atom stereocenters. The van der Waals surface area contributed by atoms with Crippen LogP contribution >= 0.6 is 0 Å². The molecule has 7 nitrogen and oxygen atoms in total. The minimum absolute atomic E-state index is 0.0494. The van der Waals surface area contributed by atoms with Gasteiger partial charge in [0.05, 0.1) is 12.1 Å². The van der Waals surface area contributed by atoms with Gasteiger partial charge in [0.25, 0.3) is 5.91 Å².